The highest BCUT2D eigenvalue weighted by Gasteiger charge is 2.20. The monoisotopic (exact) mass is 228 g/mol. The van der Waals surface area contributed by atoms with Gasteiger partial charge in [0, 0.05) is 33.3 Å². The summed E-state index contributed by atoms with van der Waals surface area (Å²) in [4.78, 5) is 2.49. The number of hydrogen-bond donors (Lipinski definition) is 1. The fraction of sp³-hybridized carbons (Fsp3) is 1.00. The molecule has 1 unspecified atom stereocenters. The summed E-state index contributed by atoms with van der Waals surface area (Å²) in [5.74, 6) is 0.836. The van der Waals surface area contributed by atoms with Gasteiger partial charge in [0.25, 0.3) is 0 Å². The first-order chi connectivity index (χ1) is 7.72. The molecule has 3 heteroatoms. The molecule has 1 saturated heterocycles. The van der Waals surface area contributed by atoms with Gasteiger partial charge in [0.2, 0.25) is 0 Å². The van der Waals surface area contributed by atoms with Gasteiger partial charge in [-0.25, -0.2) is 0 Å². The molecule has 0 radical (unpaired) electrons. The van der Waals surface area contributed by atoms with Gasteiger partial charge in [-0.2, -0.15) is 0 Å². The predicted molar refractivity (Wildman–Crippen MR) is 68.8 cm³/mol. The lowest BCUT2D eigenvalue weighted by atomic mass is 10.1. The Morgan fingerprint density at radius 1 is 1.38 bits per heavy atom. The Kier molecular flexibility index (Phi) is 7.01. The van der Waals surface area contributed by atoms with Crippen molar-refractivity contribution in [2.45, 2.75) is 39.2 Å². The van der Waals surface area contributed by atoms with E-state index in [1.807, 2.05) is 7.11 Å². The largest absolute Gasteiger partial charge is 0.380 e. The molecule has 0 bridgehead atoms. The average Bonchev–Trinajstić information content (AvgIpc) is 2.70. The van der Waals surface area contributed by atoms with Gasteiger partial charge in [-0.15, -0.1) is 0 Å². The van der Waals surface area contributed by atoms with E-state index in [1.54, 1.807) is 0 Å². The van der Waals surface area contributed by atoms with Gasteiger partial charge in [0.1, 0.15) is 0 Å². The van der Waals surface area contributed by atoms with Gasteiger partial charge in [0.05, 0.1) is 6.10 Å². The third-order valence-corrected chi connectivity index (χ3v) is 3.30. The van der Waals surface area contributed by atoms with Gasteiger partial charge in [-0.3, -0.25) is 4.90 Å². The highest BCUT2D eigenvalue weighted by Crippen LogP contribution is 2.10. The van der Waals surface area contributed by atoms with Crippen molar-refractivity contribution in [3.05, 3.63) is 0 Å². The summed E-state index contributed by atoms with van der Waals surface area (Å²) in [7, 11) is 1.82. The third kappa shape index (κ3) is 5.83. The molecule has 1 aliphatic heterocycles. The first-order valence-corrected chi connectivity index (χ1v) is 6.68. The standard InChI is InChI=1S/C13H28N2O/c1-12(2)5-4-7-14-8-10-15-9-6-13(11-15)16-3/h12-14H,4-11H2,1-3H3. The molecular formula is C13H28N2O. The minimum Gasteiger partial charge on any atom is -0.380 e. The van der Waals surface area contributed by atoms with Crippen LogP contribution in [0.4, 0.5) is 0 Å². The Labute approximate surface area is 101 Å². The molecule has 0 saturated carbocycles. The maximum absolute atomic E-state index is 5.35. The Hall–Kier alpha value is -0.120. The number of ether oxygens (including phenoxy) is 1. The number of methoxy groups -OCH3 is 1. The second-order valence-electron chi connectivity index (χ2n) is 5.23. The normalized spacial score (nSPS) is 22.1. The van der Waals surface area contributed by atoms with Crippen LogP contribution in [-0.2, 0) is 4.74 Å². The highest BCUT2D eigenvalue weighted by molar-refractivity contribution is 4.75. The van der Waals surface area contributed by atoms with E-state index in [0.717, 1.165) is 19.0 Å². The van der Waals surface area contributed by atoms with Crippen molar-refractivity contribution in [3.8, 4) is 0 Å². The maximum atomic E-state index is 5.35. The Morgan fingerprint density at radius 2 is 2.19 bits per heavy atom. The van der Waals surface area contributed by atoms with Crippen molar-refractivity contribution in [1.29, 1.82) is 0 Å². The molecule has 16 heavy (non-hydrogen) atoms. The lowest BCUT2D eigenvalue weighted by Crippen LogP contribution is -2.31. The van der Waals surface area contributed by atoms with Crippen LogP contribution in [0, 0.1) is 5.92 Å². The molecule has 0 amide bonds. The van der Waals surface area contributed by atoms with Gasteiger partial charge in [-0.05, 0) is 31.7 Å². The quantitative estimate of drug-likeness (QED) is 0.640. The molecule has 1 atom stereocenters. The molecule has 1 heterocycles. The zero-order chi connectivity index (χ0) is 11.8. The zero-order valence-corrected chi connectivity index (χ0v) is 11.2. The molecule has 1 N–H and O–H groups in total. The summed E-state index contributed by atoms with van der Waals surface area (Å²) in [6.45, 7) is 10.3. The zero-order valence-electron chi connectivity index (χ0n) is 11.2. The molecular weight excluding hydrogens is 200 g/mol. The van der Waals surface area contributed by atoms with Crippen LogP contribution in [0.2, 0.25) is 0 Å². The van der Waals surface area contributed by atoms with Crippen LogP contribution in [0.15, 0.2) is 0 Å². The van der Waals surface area contributed by atoms with Crippen molar-refractivity contribution in [1.82, 2.24) is 10.2 Å². The molecule has 3 nitrogen and oxygen atoms in total. The van der Waals surface area contributed by atoms with Crippen molar-refractivity contribution >= 4 is 0 Å². The summed E-state index contributed by atoms with van der Waals surface area (Å²) in [6.07, 6.45) is 4.31. The van der Waals surface area contributed by atoms with E-state index in [4.69, 9.17) is 4.74 Å². The summed E-state index contributed by atoms with van der Waals surface area (Å²) in [5, 5.41) is 3.52. The maximum Gasteiger partial charge on any atom is 0.0710 e. The Bertz CT molecular complexity index is 173. The van der Waals surface area contributed by atoms with Crippen molar-refractivity contribution in [3.63, 3.8) is 0 Å². The molecule has 0 aromatic rings. The highest BCUT2D eigenvalue weighted by atomic mass is 16.5. The lowest BCUT2D eigenvalue weighted by molar-refractivity contribution is 0.108. The first-order valence-electron chi connectivity index (χ1n) is 6.68. The summed E-state index contributed by atoms with van der Waals surface area (Å²) in [6, 6.07) is 0. The first kappa shape index (κ1) is 13.9. The molecule has 1 aliphatic rings. The fourth-order valence-corrected chi connectivity index (χ4v) is 2.19. The second-order valence-corrected chi connectivity index (χ2v) is 5.23. The van der Waals surface area contributed by atoms with Crippen LogP contribution >= 0.6 is 0 Å². The molecule has 1 rings (SSSR count). The number of nitrogens with zero attached hydrogens (tertiary/aromatic N) is 1. The number of likely N-dealkylation sites (tertiary alicyclic amines) is 1. The summed E-state index contributed by atoms with van der Waals surface area (Å²) < 4.78 is 5.35. The third-order valence-electron chi connectivity index (χ3n) is 3.30. The van der Waals surface area contributed by atoms with Crippen molar-refractivity contribution in [2.75, 3.05) is 39.8 Å². The van der Waals surface area contributed by atoms with E-state index in [9.17, 15) is 0 Å². The lowest BCUT2D eigenvalue weighted by Gasteiger charge is -2.15. The Balaban J connectivity index is 1.88. The van der Waals surface area contributed by atoms with E-state index < -0.39 is 0 Å². The number of hydrogen-bond acceptors (Lipinski definition) is 3. The molecule has 0 spiro atoms. The molecule has 0 aromatic heterocycles. The van der Waals surface area contributed by atoms with Crippen LogP contribution in [0.25, 0.3) is 0 Å². The Morgan fingerprint density at radius 3 is 2.81 bits per heavy atom. The minimum absolute atomic E-state index is 0.473. The van der Waals surface area contributed by atoms with Crippen LogP contribution in [0.3, 0.4) is 0 Å². The summed E-state index contributed by atoms with van der Waals surface area (Å²) >= 11 is 0. The summed E-state index contributed by atoms with van der Waals surface area (Å²) in [5.41, 5.74) is 0. The van der Waals surface area contributed by atoms with Gasteiger partial charge in [0.15, 0.2) is 0 Å². The van der Waals surface area contributed by atoms with E-state index in [-0.39, 0.29) is 0 Å². The van der Waals surface area contributed by atoms with Crippen LogP contribution in [-0.4, -0.2) is 50.8 Å². The predicted octanol–water partition coefficient (Wildman–Crippen LogP) is 1.73. The van der Waals surface area contributed by atoms with Crippen molar-refractivity contribution < 1.29 is 4.74 Å². The smallest absolute Gasteiger partial charge is 0.0710 e. The minimum atomic E-state index is 0.473. The van der Waals surface area contributed by atoms with Crippen LogP contribution in [0.1, 0.15) is 33.1 Å². The van der Waals surface area contributed by atoms with Gasteiger partial charge < -0.3 is 10.1 Å². The second kappa shape index (κ2) is 8.04. The number of nitrogens with one attached hydrogen (secondary N) is 1. The molecule has 0 aliphatic carbocycles. The number of rotatable bonds is 8. The van der Waals surface area contributed by atoms with Crippen LogP contribution < -0.4 is 5.32 Å². The topological polar surface area (TPSA) is 24.5 Å². The van der Waals surface area contributed by atoms with Crippen LogP contribution in [0.5, 0.6) is 0 Å². The van der Waals surface area contributed by atoms with Crippen molar-refractivity contribution in [2.24, 2.45) is 5.92 Å². The molecule has 96 valence electrons. The molecule has 0 aromatic carbocycles. The van der Waals surface area contributed by atoms with E-state index in [1.165, 1.54) is 38.9 Å². The van der Waals surface area contributed by atoms with E-state index in [0.29, 0.717) is 6.10 Å². The average molecular weight is 228 g/mol. The van der Waals surface area contributed by atoms with E-state index >= 15 is 0 Å². The van der Waals surface area contributed by atoms with Gasteiger partial charge in [-0.1, -0.05) is 13.8 Å². The fourth-order valence-electron chi connectivity index (χ4n) is 2.19. The molecule has 1 fully saturated rings. The van der Waals surface area contributed by atoms with Gasteiger partial charge >= 0.3 is 0 Å². The SMILES string of the molecule is COC1CCN(CCNCCCC(C)C)C1. The van der Waals surface area contributed by atoms with E-state index in [2.05, 4.69) is 24.1 Å².